The maximum Gasteiger partial charge on any atom is 0.261 e. The van der Waals surface area contributed by atoms with E-state index in [1.54, 1.807) is 24.3 Å². The zero-order valence-electron chi connectivity index (χ0n) is 13.3. The summed E-state index contributed by atoms with van der Waals surface area (Å²) in [4.78, 5) is 11.6. The molecule has 0 aliphatic carbocycles. The van der Waals surface area contributed by atoms with Gasteiger partial charge in [-0.15, -0.1) is 0 Å². The third-order valence-electron chi connectivity index (χ3n) is 3.27. The van der Waals surface area contributed by atoms with E-state index < -0.39 is 15.8 Å². The van der Waals surface area contributed by atoms with Crippen molar-refractivity contribution in [1.82, 2.24) is 5.32 Å². The molecular formula is C17H19FN2O3S. The van der Waals surface area contributed by atoms with Gasteiger partial charge in [0.15, 0.2) is 0 Å². The number of rotatable bonds is 7. The predicted octanol–water partition coefficient (Wildman–Crippen LogP) is 2.70. The van der Waals surface area contributed by atoms with Crippen molar-refractivity contribution in [1.29, 1.82) is 0 Å². The summed E-state index contributed by atoms with van der Waals surface area (Å²) in [6.45, 7) is 2.61. The maximum atomic E-state index is 12.9. The Labute approximate surface area is 141 Å². The summed E-state index contributed by atoms with van der Waals surface area (Å²) in [6.07, 6.45) is 1.11. The van der Waals surface area contributed by atoms with Crippen molar-refractivity contribution in [3.05, 3.63) is 59.9 Å². The second-order valence-electron chi connectivity index (χ2n) is 5.28. The van der Waals surface area contributed by atoms with Crippen molar-refractivity contribution >= 4 is 21.6 Å². The van der Waals surface area contributed by atoms with Crippen molar-refractivity contribution < 1.29 is 17.6 Å². The molecule has 0 aromatic heterocycles. The van der Waals surface area contributed by atoms with Gasteiger partial charge in [-0.1, -0.05) is 19.1 Å². The first kappa shape index (κ1) is 17.9. The lowest BCUT2D eigenvalue weighted by atomic mass is 10.1. The van der Waals surface area contributed by atoms with Crippen LogP contribution in [0.3, 0.4) is 0 Å². The zero-order chi connectivity index (χ0) is 17.6. The number of hydrogen-bond donors (Lipinski definition) is 2. The van der Waals surface area contributed by atoms with E-state index in [1.165, 1.54) is 12.1 Å². The van der Waals surface area contributed by atoms with Gasteiger partial charge in [0.05, 0.1) is 11.3 Å². The lowest BCUT2D eigenvalue weighted by Gasteiger charge is -2.09. The molecule has 0 fully saturated rings. The second kappa shape index (κ2) is 7.92. The standard InChI is InChI=1S/C17H19FN2O3S/c1-2-11-19-17(21)12-13-3-7-15(8-4-13)20-24(22,23)16-9-5-14(18)6-10-16/h3-10,20H,2,11-12H2,1H3,(H,19,21). The van der Waals surface area contributed by atoms with Crippen molar-refractivity contribution in [3.63, 3.8) is 0 Å². The smallest absolute Gasteiger partial charge is 0.261 e. The average Bonchev–Trinajstić information content (AvgIpc) is 2.55. The zero-order valence-corrected chi connectivity index (χ0v) is 14.1. The Balaban J connectivity index is 2.03. The fourth-order valence-electron chi connectivity index (χ4n) is 2.03. The van der Waals surface area contributed by atoms with E-state index >= 15 is 0 Å². The fraction of sp³-hybridized carbons (Fsp3) is 0.235. The van der Waals surface area contributed by atoms with Crippen LogP contribution in [0.5, 0.6) is 0 Å². The van der Waals surface area contributed by atoms with Gasteiger partial charge in [0, 0.05) is 12.2 Å². The molecule has 0 spiro atoms. The molecule has 2 rings (SSSR count). The molecule has 0 saturated heterocycles. The van der Waals surface area contributed by atoms with Crippen LogP contribution in [0, 0.1) is 5.82 Å². The van der Waals surface area contributed by atoms with Gasteiger partial charge in [-0.05, 0) is 48.4 Å². The third-order valence-corrected chi connectivity index (χ3v) is 4.66. The minimum absolute atomic E-state index is 0.0214. The molecule has 5 nitrogen and oxygen atoms in total. The van der Waals surface area contributed by atoms with Crippen LogP contribution in [0.4, 0.5) is 10.1 Å². The van der Waals surface area contributed by atoms with Gasteiger partial charge in [-0.25, -0.2) is 12.8 Å². The van der Waals surface area contributed by atoms with E-state index in [2.05, 4.69) is 10.0 Å². The quantitative estimate of drug-likeness (QED) is 0.806. The van der Waals surface area contributed by atoms with Gasteiger partial charge >= 0.3 is 0 Å². The molecule has 2 N–H and O–H groups in total. The lowest BCUT2D eigenvalue weighted by Crippen LogP contribution is -2.25. The molecule has 0 heterocycles. The number of anilines is 1. The van der Waals surface area contributed by atoms with Crippen LogP contribution in [-0.2, 0) is 21.2 Å². The SMILES string of the molecule is CCCNC(=O)Cc1ccc(NS(=O)(=O)c2ccc(F)cc2)cc1. The molecule has 0 bridgehead atoms. The normalized spacial score (nSPS) is 11.1. The van der Waals surface area contributed by atoms with Crippen LogP contribution in [0.15, 0.2) is 53.4 Å². The maximum absolute atomic E-state index is 12.9. The Morgan fingerprint density at radius 2 is 1.67 bits per heavy atom. The highest BCUT2D eigenvalue weighted by atomic mass is 32.2. The van der Waals surface area contributed by atoms with Crippen LogP contribution in [0.2, 0.25) is 0 Å². The Kier molecular flexibility index (Phi) is 5.92. The number of carbonyl (C=O) groups excluding carboxylic acids is 1. The molecular weight excluding hydrogens is 331 g/mol. The number of carbonyl (C=O) groups is 1. The molecule has 0 radical (unpaired) electrons. The summed E-state index contributed by atoms with van der Waals surface area (Å²) in [5, 5.41) is 2.78. The largest absolute Gasteiger partial charge is 0.356 e. The van der Waals surface area contributed by atoms with E-state index in [4.69, 9.17) is 0 Å². The summed E-state index contributed by atoms with van der Waals surface area (Å²) >= 11 is 0. The topological polar surface area (TPSA) is 75.3 Å². The van der Waals surface area contributed by atoms with Gasteiger partial charge in [0.1, 0.15) is 5.82 Å². The molecule has 0 unspecified atom stereocenters. The molecule has 0 saturated carbocycles. The molecule has 7 heteroatoms. The van der Waals surface area contributed by atoms with Crippen LogP contribution in [0.1, 0.15) is 18.9 Å². The molecule has 24 heavy (non-hydrogen) atoms. The fourth-order valence-corrected chi connectivity index (χ4v) is 3.09. The molecule has 0 aliphatic rings. The summed E-state index contributed by atoms with van der Waals surface area (Å²) in [5.41, 5.74) is 1.16. The first-order chi connectivity index (χ1) is 11.4. The van der Waals surface area contributed by atoms with Gasteiger partial charge in [0.2, 0.25) is 5.91 Å². The Morgan fingerprint density at radius 1 is 1.04 bits per heavy atom. The first-order valence-electron chi connectivity index (χ1n) is 7.55. The number of benzene rings is 2. The van der Waals surface area contributed by atoms with Crippen molar-refractivity contribution in [2.24, 2.45) is 0 Å². The molecule has 2 aromatic carbocycles. The van der Waals surface area contributed by atoms with Crippen LogP contribution in [-0.4, -0.2) is 20.9 Å². The van der Waals surface area contributed by atoms with Crippen LogP contribution in [0.25, 0.3) is 0 Å². The second-order valence-corrected chi connectivity index (χ2v) is 6.97. The highest BCUT2D eigenvalue weighted by Crippen LogP contribution is 2.17. The Hall–Kier alpha value is -2.41. The summed E-state index contributed by atoms with van der Waals surface area (Å²) < 4.78 is 39.7. The average molecular weight is 350 g/mol. The lowest BCUT2D eigenvalue weighted by molar-refractivity contribution is -0.120. The Morgan fingerprint density at radius 3 is 2.25 bits per heavy atom. The molecule has 0 aliphatic heterocycles. The number of amides is 1. The minimum Gasteiger partial charge on any atom is -0.356 e. The number of halogens is 1. The minimum atomic E-state index is -3.77. The van der Waals surface area contributed by atoms with E-state index in [0.29, 0.717) is 12.2 Å². The van der Waals surface area contributed by atoms with Gasteiger partial charge < -0.3 is 5.32 Å². The third kappa shape index (κ3) is 5.06. The van der Waals surface area contributed by atoms with Crippen molar-refractivity contribution in [3.8, 4) is 0 Å². The van der Waals surface area contributed by atoms with Gasteiger partial charge in [-0.2, -0.15) is 0 Å². The van der Waals surface area contributed by atoms with Crippen molar-refractivity contribution in [2.75, 3.05) is 11.3 Å². The number of nitrogens with one attached hydrogen (secondary N) is 2. The summed E-state index contributed by atoms with van der Waals surface area (Å²) in [7, 11) is -3.77. The highest BCUT2D eigenvalue weighted by Gasteiger charge is 2.14. The first-order valence-corrected chi connectivity index (χ1v) is 9.03. The summed E-state index contributed by atoms with van der Waals surface area (Å²) in [6, 6.07) is 11.1. The summed E-state index contributed by atoms with van der Waals surface area (Å²) in [5.74, 6) is -0.573. The van der Waals surface area contributed by atoms with Gasteiger partial charge in [0.25, 0.3) is 10.0 Å². The van der Waals surface area contributed by atoms with Crippen LogP contribution < -0.4 is 10.0 Å². The molecule has 0 atom stereocenters. The van der Waals surface area contributed by atoms with E-state index in [0.717, 1.165) is 24.1 Å². The van der Waals surface area contributed by atoms with Gasteiger partial charge in [-0.3, -0.25) is 9.52 Å². The van der Waals surface area contributed by atoms with Crippen LogP contribution >= 0.6 is 0 Å². The monoisotopic (exact) mass is 350 g/mol. The molecule has 1 amide bonds. The number of sulfonamides is 1. The number of hydrogen-bond acceptors (Lipinski definition) is 3. The van der Waals surface area contributed by atoms with E-state index in [9.17, 15) is 17.6 Å². The molecule has 2 aromatic rings. The highest BCUT2D eigenvalue weighted by molar-refractivity contribution is 7.92. The van der Waals surface area contributed by atoms with E-state index in [1.807, 2.05) is 6.92 Å². The van der Waals surface area contributed by atoms with Crippen molar-refractivity contribution in [2.45, 2.75) is 24.7 Å². The predicted molar refractivity (Wildman–Crippen MR) is 90.7 cm³/mol. The van der Waals surface area contributed by atoms with E-state index in [-0.39, 0.29) is 17.2 Å². The Bertz CT molecular complexity index is 788. The molecule has 128 valence electrons.